The summed E-state index contributed by atoms with van der Waals surface area (Å²) in [7, 11) is 0. The Kier molecular flexibility index (Phi) is 3.16. The molecule has 96 valence electrons. The van der Waals surface area contributed by atoms with Crippen molar-refractivity contribution in [2.45, 2.75) is 32.6 Å². The van der Waals surface area contributed by atoms with Crippen molar-refractivity contribution in [2.75, 3.05) is 0 Å². The summed E-state index contributed by atoms with van der Waals surface area (Å²) in [6.07, 6.45) is 8.40. The van der Waals surface area contributed by atoms with Crippen molar-refractivity contribution < 1.29 is 4.79 Å². The highest BCUT2D eigenvalue weighted by molar-refractivity contribution is 5.94. The largest absolute Gasteiger partial charge is 0.294 e. The third-order valence-corrected chi connectivity index (χ3v) is 3.83. The quantitative estimate of drug-likeness (QED) is 0.759. The van der Waals surface area contributed by atoms with E-state index in [0.717, 1.165) is 11.1 Å². The van der Waals surface area contributed by atoms with Crippen molar-refractivity contribution in [1.82, 2.24) is 4.98 Å². The van der Waals surface area contributed by atoms with Crippen LogP contribution in [-0.2, 0) is 12.8 Å². The van der Waals surface area contributed by atoms with Gasteiger partial charge in [-0.05, 0) is 55.4 Å². The molecule has 3 rings (SSSR count). The van der Waals surface area contributed by atoms with E-state index < -0.39 is 0 Å². The second kappa shape index (κ2) is 4.96. The second-order valence-corrected chi connectivity index (χ2v) is 5.21. The molecule has 0 N–H and O–H groups in total. The molecule has 1 aliphatic rings. The molecule has 0 saturated carbocycles. The SMILES string of the molecule is CC(=O)c1cncc(-c2ccc3c(c2)CCCC3)c1. The van der Waals surface area contributed by atoms with Crippen LogP contribution >= 0.6 is 0 Å². The van der Waals surface area contributed by atoms with Crippen LogP contribution < -0.4 is 0 Å². The summed E-state index contributed by atoms with van der Waals surface area (Å²) in [4.78, 5) is 15.6. The fourth-order valence-corrected chi connectivity index (χ4v) is 2.70. The molecule has 0 unspecified atom stereocenters. The first-order chi connectivity index (χ1) is 9.24. The molecule has 1 aliphatic carbocycles. The van der Waals surface area contributed by atoms with Gasteiger partial charge in [0, 0.05) is 23.5 Å². The Balaban J connectivity index is 2.02. The zero-order chi connectivity index (χ0) is 13.2. The van der Waals surface area contributed by atoms with Crippen LogP contribution in [0.25, 0.3) is 11.1 Å². The molecule has 1 heterocycles. The molecule has 1 aromatic heterocycles. The lowest BCUT2D eigenvalue weighted by molar-refractivity contribution is 0.101. The van der Waals surface area contributed by atoms with Gasteiger partial charge >= 0.3 is 0 Å². The van der Waals surface area contributed by atoms with Gasteiger partial charge in [0.1, 0.15) is 0 Å². The van der Waals surface area contributed by atoms with Crippen molar-refractivity contribution in [3.05, 3.63) is 53.3 Å². The number of rotatable bonds is 2. The maximum atomic E-state index is 11.4. The Labute approximate surface area is 113 Å². The van der Waals surface area contributed by atoms with Gasteiger partial charge in [-0.15, -0.1) is 0 Å². The molecule has 0 bridgehead atoms. The number of ketones is 1. The molecule has 0 spiro atoms. The number of pyridine rings is 1. The zero-order valence-corrected chi connectivity index (χ0v) is 11.1. The van der Waals surface area contributed by atoms with E-state index >= 15 is 0 Å². The topological polar surface area (TPSA) is 30.0 Å². The van der Waals surface area contributed by atoms with Gasteiger partial charge in [0.25, 0.3) is 0 Å². The average molecular weight is 251 g/mol. The Bertz CT molecular complexity index is 631. The van der Waals surface area contributed by atoms with Gasteiger partial charge in [-0.1, -0.05) is 18.2 Å². The minimum Gasteiger partial charge on any atom is -0.294 e. The van der Waals surface area contributed by atoms with E-state index in [9.17, 15) is 4.79 Å². The fraction of sp³-hybridized carbons (Fsp3) is 0.294. The van der Waals surface area contributed by atoms with Crippen LogP contribution in [0.5, 0.6) is 0 Å². The minimum absolute atomic E-state index is 0.0623. The number of Topliss-reactive ketones (excluding diaryl/α,β-unsaturated/α-hetero) is 1. The van der Waals surface area contributed by atoms with Crippen LogP contribution in [0.15, 0.2) is 36.7 Å². The highest BCUT2D eigenvalue weighted by Gasteiger charge is 2.11. The molecule has 1 aromatic carbocycles. The van der Waals surface area contributed by atoms with E-state index in [0.29, 0.717) is 5.56 Å². The lowest BCUT2D eigenvalue weighted by atomic mass is 9.89. The summed E-state index contributed by atoms with van der Waals surface area (Å²) in [5.41, 5.74) is 5.80. The van der Waals surface area contributed by atoms with Gasteiger partial charge in [-0.3, -0.25) is 9.78 Å². The van der Waals surface area contributed by atoms with Crippen LogP contribution in [0.4, 0.5) is 0 Å². The van der Waals surface area contributed by atoms with Gasteiger partial charge in [0.2, 0.25) is 0 Å². The standard InChI is InChI=1S/C17H17NO/c1-12(19)16-9-17(11-18-10-16)15-7-6-13-4-2-3-5-14(13)8-15/h6-11H,2-5H2,1H3. The number of aryl methyl sites for hydroxylation is 2. The number of carbonyl (C=O) groups excluding carboxylic acids is 1. The number of nitrogens with zero attached hydrogens (tertiary/aromatic N) is 1. The second-order valence-electron chi connectivity index (χ2n) is 5.21. The van der Waals surface area contributed by atoms with E-state index in [2.05, 4.69) is 23.2 Å². The zero-order valence-electron chi connectivity index (χ0n) is 11.1. The summed E-state index contributed by atoms with van der Waals surface area (Å²) in [6, 6.07) is 8.56. The summed E-state index contributed by atoms with van der Waals surface area (Å²) in [6.45, 7) is 1.58. The van der Waals surface area contributed by atoms with Crippen molar-refractivity contribution in [2.24, 2.45) is 0 Å². The Morgan fingerprint density at radius 2 is 1.79 bits per heavy atom. The predicted octanol–water partition coefficient (Wildman–Crippen LogP) is 3.83. The minimum atomic E-state index is 0.0623. The number of carbonyl (C=O) groups is 1. The molecule has 0 atom stereocenters. The molecule has 19 heavy (non-hydrogen) atoms. The Morgan fingerprint density at radius 3 is 2.58 bits per heavy atom. The lowest BCUT2D eigenvalue weighted by Gasteiger charge is -2.16. The third kappa shape index (κ3) is 2.43. The van der Waals surface area contributed by atoms with Crippen molar-refractivity contribution in [3.8, 4) is 11.1 Å². The van der Waals surface area contributed by atoms with Gasteiger partial charge < -0.3 is 0 Å². The Morgan fingerprint density at radius 1 is 1.00 bits per heavy atom. The molecule has 0 saturated heterocycles. The summed E-state index contributed by atoms with van der Waals surface area (Å²) >= 11 is 0. The maximum Gasteiger partial charge on any atom is 0.161 e. The highest BCUT2D eigenvalue weighted by Crippen LogP contribution is 2.27. The van der Waals surface area contributed by atoms with Gasteiger partial charge in [-0.25, -0.2) is 0 Å². The first-order valence-electron chi connectivity index (χ1n) is 6.82. The number of benzene rings is 1. The van der Waals surface area contributed by atoms with E-state index in [1.807, 2.05) is 12.3 Å². The average Bonchev–Trinajstić information content (AvgIpc) is 2.47. The molecule has 0 amide bonds. The molecule has 2 nitrogen and oxygen atoms in total. The normalized spacial score (nSPS) is 13.9. The van der Waals surface area contributed by atoms with E-state index in [-0.39, 0.29) is 5.78 Å². The van der Waals surface area contributed by atoms with E-state index in [1.54, 1.807) is 13.1 Å². The Hall–Kier alpha value is -1.96. The van der Waals surface area contributed by atoms with Crippen molar-refractivity contribution >= 4 is 5.78 Å². The van der Waals surface area contributed by atoms with Gasteiger partial charge in [0.15, 0.2) is 5.78 Å². The molecule has 0 fully saturated rings. The maximum absolute atomic E-state index is 11.4. The first-order valence-corrected chi connectivity index (χ1v) is 6.82. The molecule has 0 radical (unpaired) electrons. The van der Waals surface area contributed by atoms with Crippen LogP contribution in [0.2, 0.25) is 0 Å². The molecule has 0 aliphatic heterocycles. The van der Waals surface area contributed by atoms with Gasteiger partial charge in [-0.2, -0.15) is 0 Å². The van der Waals surface area contributed by atoms with E-state index in [1.165, 1.54) is 36.8 Å². The van der Waals surface area contributed by atoms with E-state index in [4.69, 9.17) is 0 Å². The number of fused-ring (bicyclic) bond motifs is 1. The number of hydrogen-bond donors (Lipinski definition) is 0. The molecule has 2 heteroatoms. The smallest absolute Gasteiger partial charge is 0.161 e. The first kappa shape index (κ1) is 12.1. The van der Waals surface area contributed by atoms with Crippen molar-refractivity contribution in [1.29, 1.82) is 0 Å². The molecule has 2 aromatic rings. The monoisotopic (exact) mass is 251 g/mol. The van der Waals surface area contributed by atoms with Crippen LogP contribution in [0.3, 0.4) is 0 Å². The van der Waals surface area contributed by atoms with Crippen LogP contribution in [0.1, 0.15) is 41.3 Å². The molecular formula is C17H17NO. The molecular weight excluding hydrogens is 234 g/mol. The van der Waals surface area contributed by atoms with Gasteiger partial charge in [0.05, 0.1) is 0 Å². The predicted molar refractivity (Wildman–Crippen MR) is 76.3 cm³/mol. The third-order valence-electron chi connectivity index (χ3n) is 3.83. The lowest BCUT2D eigenvalue weighted by Crippen LogP contribution is -2.02. The van der Waals surface area contributed by atoms with Crippen molar-refractivity contribution in [3.63, 3.8) is 0 Å². The number of hydrogen-bond acceptors (Lipinski definition) is 2. The fourth-order valence-electron chi connectivity index (χ4n) is 2.70. The number of aromatic nitrogens is 1. The highest BCUT2D eigenvalue weighted by atomic mass is 16.1. The van der Waals surface area contributed by atoms with Crippen LogP contribution in [-0.4, -0.2) is 10.8 Å². The summed E-state index contributed by atoms with van der Waals surface area (Å²) < 4.78 is 0. The summed E-state index contributed by atoms with van der Waals surface area (Å²) in [5.74, 6) is 0.0623. The summed E-state index contributed by atoms with van der Waals surface area (Å²) in [5, 5.41) is 0. The van der Waals surface area contributed by atoms with Crippen LogP contribution in [0, 0.1) is 0 Å².